The molecular weight excluding hydrogens is 270 g/mol. The van der Waals surface area contributed by atoms with Gasteiger partial charge in [-0.05, 0) is 24.6 Å². The van der Waals surface area contributed by atoms with Crippen LogP contribution >= 0.6 is 0 Å². The van der Waals surface area contributed by atoms with Gasteiger partial charge in [0.25, 0.3) is 11.1 Å². The maximum atomic E-state index is 12.3. The van der Waals surface area contributed by atoms with Crippen molar-refractivity contribution < 1.29 is 0 Å². The number of aryl methyl sites for hydroxylation is 2. The Kier molecular flexibility index (Phi) is 3.31. The van der Waals surface area contributed by atoms with Crippen LogP contribution in [0.3, 0.4) is 0 Å². The predicted octanol–water partition coefficient (Wildman–Crippen LogP) is 0.559. The molecule has 0 aliphatic heterocycles. The number of hydrogen-bond donors (Lipinski definition) is 2. The highest BCUT2D eigenvalue weighted by Gasteiger charge is 2.06. The number of nitrogens with zero attached hydrogens (tertiary/aromatic N) is 3. The molecule has 0 saturated carbocycles. The van der Waals surface area contributed by atoms with Gasteiger partial charge < -0.3 is 5.73 Å². The number of H-pyrrole nitrogens is 1. The molecule has 108 valence electrons. The fraction of sp³-hybridized carbons (Fsp3) is 0.214. The van der Waals surface area contributed by atoms with Crippen LogP contribution in [0, 0.1) is 0 Å². The molecule has 3 aromatic rings. The summed E-state index contributed by atoms with van der Waals surface area (Å²) in [6, 6.07) is 8.51. The number of anilines is 1. The summed E-state index contributed by atoms with van der Waals surface area (Å²) >= 11 is 0. The molecule has 0 saturated heterocycles. The van der Waals surface area contributed by atoms with Gasteiger partial charge >= 0.3 is 0 Å². The molecule has 7 nitrogen and oxygen atoms in total. The van der Waals surface area contributed by atoms with Gasteiger partial charge in [-0.3, -0.25) is 19.4 Å². The van der Waals surface area contributed by atoms with Crippen molar-refractivity contribution in [3.63, 3.8) is 0 Å². The predicted molar refractivity (Wildman–Crippen MR) is 80.1 cm³/mol. The van der Waals surface area contributed by atoms with E-state index in [1.165, 1.54) is 4.68 Å². The SMILES string of the molecule is Nc1ccn(CCCn2[nH]c(=O)c3ccccc3c2=O)n1. The Morgan fingerprint density at radius 3 is 2.57 bits per heavy atom. The van der Waals surface area contributed by atoms with Crippen molar-refractivity contribution in [3.05, 3.63) is 57.2 Å². The van der Waals surface area contributed by atoms with Crippen molar-refractivity contribution in [2.45, 2.75) is 19.5 Å². The molecular formula is C14H15N5O2. The molecule has 2 heterocycles. The summed E-state index contributed by atoms with van der Waals surface area (Å²) in [5, 5.41) is 7.52. The lowest BCUT2D eigenvalue weighted by Crippen LogP contribution is -2.30. The lowest BCUT2D eigenvalue weighted by atomic mass is 10.2. The second-order valence-corrected chi connectivity index (χ2v) is 4.80. The monoisotopic (exact) mass is 285 g/mol. The smallest absolute Gasteiger partial charge is 0.273 e. The number of fused-ring (bicyclic) bond motifs is 1. The fourth-order valence-corrected chi connectivity index (χ4v) is 2.30. The number of nitrogens with one attached hydrogen (secondary N) is 1. The molecule has 0 amide bonds. The molecule has 0 bridgehead atoms. The van der Waals surface area contributed by atoms with Gasteiger partial charge in [-0.25, -0.2) is 4.68 Å². The zero-order valence-electron chi connectivity index (χ0n) is 11.3. The third-order valence-electron chi connectivity index (χ3n) is 3.31. The first kappa shape index (κ1) is 13.2. The van der Waals surface area contributed by atoms with Gasteiger partial charge in [-0.2, -0.15) is 5.10 Å². The summed E-state index contributed by atoms with van der Waals surface area (Å²) in [7, 11) is 0. The highest BCUT2D eigenvalue weighted by Crippen LogP contribution is 2.03. The number of benzene rings is 1. The van der Waals surface area contributed by atoms with Gasteiger partial charge in [-0.1, -0.05) is 12.1 Å². The van der Waals surface area contributed by atoms with Crippen LogP contribution in [0.2, 0.25) is 0 Å². The number of nitrogen functional groups attached to an aromatic ring is 1. The van der Waals surface area contributed by atoms with Crippen molar-refractivity contribution >= 4 is 16.6 Å². The van der Waals surface area contributed by atoms with Crippen molar-refractivity contribution in [1.29, 1.82) is 0 Å². The molecule has 7 heteroatoms. The van der Waals surface area contributed by atoms with Crippen LogP contribution in [0.4, 0.5) is 5.82 Å². The van der Waals surface area contributed by atoms with Crippen molar-refractivity contribution in [2.24, 2.45) is 0 Å². The van der Waals surface area contributed by atoms with E-state index >= 15 is 0 Å². The van der Waals surface area contributed by atoms with Crippen LogP contribution < -0.4 is 16.9 Å². The van der Waals surface area contributed by atoms with E-state index in [0.29, 0.717) is 36.1 Å². The van der Waals surface area contributed by atoms with E-state index in [9.17, 15) is 9.59 Å². The maximum absolute atomic E-state index is 12.3. The number of aromatic amines is 1. The summed E-state index contributed by atoms with van der Waals surface area (Å²) in [6.07, 6.45) is 2.44. The first-order valence-electron chi connectivity index (χ1n) is 6.66. The van der Waals surface area contributed by atoms with Crippen LogP contribution in [0.1, 0.15) is 6.42 Å². The second kappa shape index (κ2) is 5.28. The summed E-state index contributed by atoms with van der Waals surface area (Å²) in [4.78, 5) is 24.2. The lowest BCUT2D eigenvalue weighted by molar-refractivity contribution is 0.486. The number of aromatic nitrogens is 4. The molecule has 0 atom stereocenters. The molecule has 3 N–H and O–H groups in total. The Hall–Kier alpha value is -2.83. The van der Waals surface area contributed by atoms with Gasteiger partial charge in [0.1, 0.15) is 5.82 Å². The largest absolute Gasteiger partial charge is 0.382 e. The molecule has 0 fully saturated rings. The molecule has 0 spiro atoms. The molecule has 2 aromatic heterocycles. The number of hydrogen-bond acceptors (Lipinski definition) is 4. The minimum absolute atomic E-state index is 0.190. The highest BCUT2D eigenvalue weighted by atomic mass is 16.2. The van der Waals surface area contributed by atoms with Gasteiger partial charge in [-0.15, -0.1) is 0 Å². The normalized spacial score (nSPS) is 11.0. The topological polar surface area (TPSA) is 98.7 Å². The number of rotatable bonds is 4. The zero-order chi connectivity index (χ0) is 14.8. The Morgan fingerprint density at radius 2 is 1.86 bits per heavy atom. The van der Waals surface area contributed by atoms with Crippen LogP contribution in [-0.4, -0.2) is 19.6 Å². The first-order chi connectivity index (χ1) is 10.1. The van der Waals surface area contributed by atoms with E-state index in [1.54, 1.807) is 41.2 Å². The van der Waals surface area contributed by atoms with Gasteiger partial charge in [0.2, 0.25) is 0 Å². The number of nitrogens with two attached hydrogens (primary N) is 1. The van der Waals surface area contributed by atoms with Crippen LogP contribution in [0.15, 0.2) is 46.1 Å². The Bertz CT molecular complexity index is 890. The third kappa shape index (κ3) is 2.58. The molecule has 1 aromatic carbocycles. The third-order valence-corrected chi connectivity index (χ3v) is 3.31. The van der Waals surface area contributed by atoms with Crippen molar-refractivity contribution in [3.8, 4) is 0 Å². The standard InChI is InChI=1S/C14H15N5O2/c15-12-6-9-18(16-12)7-3-8-19-14(21)11-5-2-1-4-10(11)13(20)17-19/h1-2,4-6,9H,3,7-8H2,(H2,15,16)(H,17,20). The molecule has 0 radical (unpaired) electrons. The maximum Gasteiger partial charge on any atom is 0.273 e. The van der Waals surface area contributed by atoms with E-state index < -0.39 is 0 Å². The minimum atomic E-state index is -0.256. The Labute approximate surface area is 119 Å². The van der Waals surface area contributed by atoms with E-state index in [4.69, 9.17) is 5.73 Å². The molecule has 0 aliphatic carbocycles. The van der Waals surface area contributed by atoms with Crippen LogP contribution in [0.25, 0.3) is 10.8 Å². The van der Waals surface area contributed by atoms with E-state index in [1.807, 2.05) is 0 Å². The van der Waals surface area contributed by atoms with E-state index in [-0.39, 0.29) is 11.1 Å². The molecule has 0 aliphatic rings. The summed E-state index contributed by atoms with van der Waals surface area (Å²) < 4.78 is 3.05. The Morgan fingerprint density at radius 1 is 1.10 bits per heavy atom. The summed E-state index contributed by atoms with van der Waals surface area (Å²) in [5.74, 6) is 0.464. The molecule has 3 rings (SSSR count). The van der Waals surface area contributed by atoms with Crippen LogP contribution in [-0.2, 0) is 13.1 Å². The molecule has 0 unspecified atom stereocenters. The minimum Gasteiger partial charge on any atom is -0.382 e. The summed E-state index contributed by atoms with van der Waals surface area (Å²) in [5.41, 5.74) is 5.09. The van der Waals surface area contributed by atoms with Crippen LogP contribution in [0.5, 0.6) is 0 Å². The average Bonchev–Trinajstić information content (AvgIpc) is 2.90. The summed E-state index contributed by atoms with van der Waals surface area (Å²) in [6.45, 7) is 1.04. The second-order valence-electron chi connectivity index (χ2n) is 4.80. The van der Waals surface area contributed by atoms with E-state index in [2.05, 4.69) is 10.2 Å². The van der Waals surface area contributed by atoms with Gasteiger partial charge in [0, 0.05) is 19.3 Å². The lowest BCUT2D eigenvalue weighted by Gasteiger charge is -2.07. The highest BCUT2D eigenvalue weighted by molar-refractivity contribution is 5.80. The fourth-order valence-electron chi connectivity index (χ4n) is 2.30. The van der Waals surface area contributed by atoms with Gasteiger partial charge in [0.15, 0.2) is 0 Å². The Balaban J connectivity index is 1.83. The van der Waals surface area contributed by atoms with Crippen molar-refractivity contribution in [1.82, 2.24) is 19.6 Å². The van der Waals surface area contributed by atoms with E-state index in [0.717, 1.165) is 0 Å². The zero-order valence-corrected chi connectivity index (χ0v) is 11.3. The average molecular weight is 285 g/mol. The van der Waals surface area contributed by atoms with Crippen molar-refractivity contribution in [2.75, 3.05) is 5.73 Å². The first-order valence-corrected chi connectivity index (χ1v) is 6.66. The quantitative estimate of drug-likeness (QED) is 0.731. The molecule has 21 heavy (non-hydrogen) atoms. The van der Waals surface area contributed by atoms with Gasteiger partial charge in [0.05, 0.1) is 10.8 Å².